The van der Waals surface area contributed by atoms with Gasteiger partial charge in [-0.3, -0.25) is 14.5 Å². The van der Waals surface area contributed by atoms with E-state index in [1.165, 1.54) is 17.2 Å². The van der Waals surface area contributed by atoms with Crippen LogP contribution in [0.1, 0.15) is 34.6 Å². The van der Waals surface area contributed by atoms with Crippen LogP contribution in [0.2, 0.25) is 5.02 Å². The molecule has 1 aliphatic rings. The molecule has 1 unspecified atom stereocenters. The quantitative estimate of drug-likeness (QED) is 0.365. The highest BCUT2D eigenvalue weighted by Crippen LogP contribution is 2.39. The van der Waals surface area contributed by atoms with Gasteiger partial charge in [0.2, 0.25) is 0 Å². The van der Waals surface area contributed by atoms with Crippen molar-refractivity contribution in [3.05, 3.63) is 70.8 Å². The molecule has 0 N–H and O–H groups in total. The maximum Gasteiger partial charge on any atom is 0.417 e. The van der Waals surface area contributed by atoms with Crippen LogP contribution in [-0.2, 0) is 6.18 Å². The van der Waals surface area contributed by atoms with Crippen molar-refractivity contribution in [2.45, 2.75) is 26.1 Å². The Hall–Kier alpha value is -3.66. The summed E-state index contributed by atoms with van der Waals surface area (Å²) in [5, 5.41) is 7.99. The molecule has 7 nitrogen and oxygen atoms in total. The summed E-state index contributed by atoms with van der Waals surface area (Å²) in [6.07, 6.45) is 0.286. The number of alkyl halides is 3. The lowest BCUT2D eigenvalue weighted by molar-refractivity contribution is -0.137. The maximum absolute atomic E-state index is 13.5. The average molecular weight is 488 g/mol. The van der Waals surface area contributed by atoms with Crippen LogP contribution in [-0.4, -0.2) is 32.4 Å². The predicted molar refractivity (Wildman–Crippen MR) is 119 cm³/mol. The standard InChI is InChI=1S/C23H17ClF3N5O2/c1-12-5-6-28-9-15(12)19-8-20(34-30-19)16-10-29-32-13(2)11-31(22(33)21(16)32)14-3-4-17(18(24)7-14)23(25,26)27/h3-10,13H,11H2,1-2H3. The van der Waals surface area contributed by atoms with Crippen LogP contribution in [0.15, 0.2) is 53.4 Å². The number of carbonyl (C=O) groups is 1. The Morgan fingerprint density at radius 3 is 2.65 bits per heavy atom. The molecule has 5 rings (SSSR count). The first kappa shape index (κ1) is 22.1. The smallest absolute Gasteiger partial charge is 0.356 e. The van der Waals surface area contributed by atoms with E-state index in [0.29, 0.717) is 17.0 Å². The van der Waals surface area contributed by atoms with Crippen LogP contribution in [0.3, 0.4) is 0 Å². The highest BCUT2D eigenvalue weighted by atomic mass is 35.5. The number of pyridine rings is 1. The summed E-state index contributed by atoms with van der Waals surface area (Å²) in [5.74, 6) is -0.0933. The lowest BCUT2D eigenvalue weighted by Crippen LogP contribution is -2.42. The van der Waals surface area contributed by atoms with E-state index in [4.69, 9.17) is 16.1 Å². The Morgan fingerprint density at radius 2 is 1.94 bits per heavy atom. The molecule has 1 atom stereocenters. The molecular formula is C23H17ClF3N5O2. The second-order valence-electron chi connectivity index (χ2n) is 8.05. The lowest BCUT2D eigenvalue weighted by Gasteiger charge is -2.32. The van der Waals surface area contributed by atoms with Crippen LogP contribution in [0.25, 0.3) is 22.6 Å². The highest BCUT2D eigenvalue weighted by molar-refractivity contribution is 6.31. The molecule has 0 radical (unpaired) electrons. The average Bonchev–Trinajstić information content (AvgIpc) is 3.43. The Kier molecular flexibility index (Phi) is 5.20. The maximum atomic E-state index is 13.5. The number of halogens is 4. The van der Waals surface area contributed by atoms with Gasteiger partial charge in [-0.2, -0.15) is 18.3 Å². The summed E-state index contributed by atoms with van der Waals surface area (Å²) >= 11 is 5.89. The van der Waals surface area contributed by atoms with E-state index in [-0.39, 0.29) is 24.0 Å². The van der Waals surface area contributed by atoms with Crippen LogP contribution in [0, 0.1) is 6.92 Å². The molecule has 3 aromatic heterocycles. The molecule has 1 aromatic carbocycles. The molecule has 34 heavy (non-hydrogen) atoms. The van der Waals surface area contributed by atoms with Gasteiger partial charge in [-0.25, -0.2) is 0 Å². The first-order valence-corrected chi connectivity index (χ1v) is 10.7. The minimum atomic E-state index is -4.59. The molecule has 0 aliphatic carbocycles. The fourth-order valence-electron chi connectivity index (χ4n) is 4.03. The fourth-order valence-corrected chi connectivity index (χ4v) is 4.31. The zero-order chi connectivity index (χ0) is 24.2. The molecule has 0 fully saturated rings. The second-order valence-corrected chi connectivity index (χ2v) is 8.45. The molecule has 0 spiro atoms. The third-order valence-electron chi connectivity index (χ3n) is 5.77. The van der Waals surface area contributed by atoms with E-state index < -0.39 is 22.7 Å². The number of aryl methyl sites for hydroxylation is 1. The fraction of sp³-hybridized carbons (Fsp3) is 0.217. The molecular weight excluding hydrogens is 471 g/mol. The van der Waals surface area contributed by atoms with Crippen LogP contribution in [0.5, 0.6) is 0 Å². The van der Waals surface area contributed by atoms with E-state index in [0.717, 1.165) is 23.3 Å². The summed E-state index contributed by atoms with van der Waals surface area (Å²) in [4.78, 5) is 19.0. The zero-order valence-electron chi connectivity index (χ0n) is 18.0. The van der Waals surface area contributed by atoms with Gasteiger partial charge >= 0.3 is 6.18 Å². The van der Waals surface area contributed by atoms with Gasteiger partial charge in [0, 0.05) is 36.3 Å². The first-order valence-electron chi connectivity index (χ1n) is 10.3. The Balaban J connectivity index is 1.53. The first-order chi connectivity index (χ1) is 16.1. The Bertz CT molecular complexity index is 1410. The Morgan fingerprint density at radius 1 is 1.15 bits per heavy atom. The normalized spacial score (nSPS) is 16.1. The molecule has 1 aliphatic heterocycles. The van der Waals surface area contributed by atoms with E-state index in [1.54, 1.807) is 23.1 Å². The van der Waals surface area contributed by atoms with Gasteiger partial charge in [0.05, 0.1) is 28.4 Å². The van der Waals surface area contributed by atoms with Gasteiger partial charge in [-0.05, 0) is 43.7 Å². The van der Waals surface area contributed by atoms with Crippen molar-refractivity contribution in [3.8, 4) is 22.6 Å². The molecule has 0 saturated heterocycles. The van der Waals surface area contributed by atoms with Crippen molar-refractivity contribution >= 4 is 23.2 Å². The lowest BCUT2D eigenvalue weighted by atomic mass is 10.1. The number of fused-ring (bicyclic) bond motifs is 1. The number of aromatic nitrogens is 4. The molecule has 0 bridgehead atoms. The van der Waals surface area contributed by atoms with Gasteiger partial charge in [0.25, 0.3) is 5.91 Å². The van der Waals surface area contributed by atoms with Crippen molar-refractivity contribution < 1.29 is 22.5 Å². The van der Waals surface area contributed by atoms with E-state index in [9.17, 15) is 18.0 Å². The largest absolute Gasteiger partial charge is 0.417 e. The van der Waals surface area contributed by atoms with Crippen molar-refractivity contribution in [2.24, 2.45) is 0 Å². The molecule has 4 aromatic rings. The second kappa shape index (κ2) is 7.98. The Labute approximate surface area is 196 Å². The van der Waals surface area contributed by atoms with E-state index >= 15 is 0 Å². The van der Waals surface area contributed by atoms with Crippen LogP contribution >= 0.6 is 11.6 Å². The van der Waals surface area contributed by atoms with Gasteiger partial charge in [-0.15, -0.1) is 0 Å². The summed E-state index contributed by atoms with van der Waals surface area (Å²) in [5.41, 5.74) is 2.29. The van der Waals surface area contributed by atoms with Crippen molar-refractivity contribution in [1.82, 2.24) is 19.9 Å². The van der Waals surface area contributed by atoms with Gasteiger partial charge in [-0.1, -0.05) is 16.8 Å². The monoisotopic (exact) mass is 487 g/mol. The van der Waals surface area contributed by atoms with E-state index in [1.807, 2.05) is 19.9 Å². The number of nitrogens with zero attached hydrogens (tertiary/aromatic N) is 5. The molecule has 11 heteroatoms. The summed E-state index contributed by atoms with van der Waals surface area (Å²) in [6, 6.07) is 6.57. The van der Waals surface area contributed by atoms with Gasteiger partial charge < -0.3 is 9.42 Å². The number of benzene rings is 1. The number of rotatable bonds is 3. The highest BCUT2D eigenvalue weighted by Gasteiger charge is 2.37. The number of amides is 1. The molecule has 1 amide bonds. The minimum absolute atomic E-state index is 0.213. The number of carbonyl (C=O) groups excluding carboxylic acids is 1. The van der Waals surface area contributed by atoms with E-state index in [2.05, 4.69) is 15.2 Å². The third kappa shape index (κ3) is 3.63. The van der Waals surface area contributed by atoms with Crippen LogP contribution < -0.4 is 4.90 Å². The topological polar surface area (TPSA) is 77.0 Å². The summed E-state index contributed by atoms with van der Waals surface area (Å²) in [7, 11) is 0. The minimum Gasteiger partial charge on any atom is -0.356 e. The van der Waals surface area contributed by atoms with Crippen molar-refractivity contribution in [2.75, 3.05) is 11.4 Å². The number of hydrogen-bond acceptors (Lipinski definition) is 5. The van der Waals surface area contributed by atoms with Crippen molar-refractivity contribution in [1.29, 1.82) is 0 Å². The zero-order valence-corrected chi connectivity index (χ0v) is 18.7. The summed E-state index contributed by atoms with van der Waals surface area (Å²) < 4.78 is 46.4. The summed E-state index contributed by atoms with van der Waals surface area (Å²) in [6.45, 7) is 3.99. The van der Waals surface area contributed by atoms with Gasteiger partial charge in [0.15, 0.2) is 5.76 Å². The van der Waals surface area contributed by atoms with Crippen molar-refractivity contribution in [3.63, 3.8) is 0 Å². The number of hydrogen-bond donors (Lipinski definition) is 0. The predicted octanol–water partition coefficient (Wildman–Crippen LogP) is 5.80. The van der Waals surface area contributed by atoms with Gasteiger partial charge in [0.1, 0.15) is 11.4 Å². The molecule has 174 valence electrons. The third-order valence-corrected chi connectivity index (χ3v) is 6.08. The molecule has 4 heterocycles. The number of anilines is 1. The molecule has 0 saturated carbocycles. The van der Waals surface area contributed by atoms with Crippen LogP contribution in [0.4, 0.5) is 18.9 Å². The SMILES string of the molecule is Cc1ccncc1-c1cc(-c2cnn3c2C(=O)N(c2ccc(C(F)(F)F)c(Cl)c2)CC3C)on1.